The summed E-state index contributed by atoms with van der Waals surface area (Å²) in [6.45, 7) is 3.00. The van der Waals surface area contributed by atoms with Crippen LogP contribution in [0.25, 0.3) is 0 Å². The Morgan fingerprint density at radius 1 is 1.47 bits per heavy atom. The van der Waals surface area contributed by atoms with Crippen LogP contribution in [0.4, 0.5) is 5.13 Å². The maximum atomic E-state index is 5.53. The van der Waals surface area contributed by atoms with Crippen LogP contribution in [-0.2, 0) is 11.3 Å². The molecular weight excluding hydrogens is 212 g/mol. The van der Waals surface area contributed by atoms with E-state index in [1.807, 2.05) is 0 Å². The van der Waals surface area contributed by atoms with E-state index in [1.54, 1.807) is 7.11 Å². The molecule has 0 aliphatic carbocycles. The summed E-state index contributed by atoms with van der Waals surface area (Å²) >= 11 is 1.47. The number of nitrogens with zero attached hydrogens (tertiary/aromatic N) is 3. The molecule has 0 unspecified atom stereocenters. The van der Waals surface area contributed by atoms with Gasteiger partial charge in [-0.15, -0.1) is 10.2 Å². The van der Waals surface area contributed by atoms with E-state index in [2.05, 4.69) is 15.1 Å². The number of likely N-dealkylation sites (tertiary alicyclic amines) is 1. The van der Waals surface area contributed by atoms with Gasteiger partial charge in [0.05, 0.1) is 12.6 Å². The molecule has 0 amide bonds. The van der Waals surface area contributed by atoms with Gasteiger partial charge in [-0.05, 0) is 12.8 Å². The number of nitrogen functional groups attached to an aromatic ring is 1. The van der Waals surface area contributed by atoms with Gasteiger partial charge < -0.3 is 10.5 Å². The molecule has 1 saturated heterocycles. The fraction of sp³-hybridized carbons (Fsp3) is 0.778. The lowest BCUT2D eigenvalue weighted by Gasteiger charge is -2.30. The van der Waals surface area contributed by atoms with Crippen molar-refractivity contribution >= 4 is 16.5 Å². The van der Waals surface area contributed by atoms with Crippen LogP contribution < -0.4 is 5.73 Å². The van der Waals surface area contributed by atoms with Crippen LogP contribution in [0.15, 0.2) is 0 Å². The average Bonchev–Trinajstić information content (AvgIpc) is 2.65. The third-order valence-electron chi connectivity index (χ3n) is 2.71. The zero-order chi connectivity index (χ0) is 10.7. The Bertz CT molecular complexity index is 309. The van der Waals surface area contributed by atoms with Gasteiger partial charge in [-0.25, -0.2) is 0 Å². The van der Waals surface area contributed by atoms with Crippen LogP contribution in [0.1, 0.15) is 17.8 Å². The van der Waals surface area contributed by atoms with E-state index in [9.17, 15) is 0 Å². The molecule has 0 spiro atoms. The highest BCUT2D eigenvalue weighted by atomic mass is 32.1. The lowest BCUT2D eigenvalue weighted by molar-refractivity contribution is 0.0388. The molecule has 1 aliphatic rings. The number of hydrogen-bond donors (Lipinski definition) is 1. The summed E-state index contributed by atoms with van der Waals surface area (Å²) in [5.41, 5.74) is 5.53. The van der Waals surface area contributed by atoms with Gasteiger partial charge in [0.2, 0.25) is 5.13 Å². The SMILES string of the molecule is COC1CCN(Cc2nnc(N)s2)CC1. The Morgan fingerprint density at radius 2 is 2.20 bits per heavy atom. The summed E-state index contributed by atoms with van der Waals surface area (Å²) in [6, 6.07) is 0. The van der Waals surface area contributed by atoms with Gasteiger partial charge in [-0.3, -0.25) is 4.90 Å². The summed E-state index contributed by atoms with van der Waals surface area (Å²) in [7, 11) is 1.78. The van der Waals surface area contributed by atoms with E-state index < -0.39 is 0 Å². The Labute approximate surface area is 93.2 Å². The van der Waals surface area contributed by atoms with E-state index in [-0.39, 0.29) is 0 Å². The average molecular weight is 228 g/mol. The summed E-state index contributed by atoms with van der Waals surface area (Å²) in [5, 5.41) is 9.38. The predicted octanol–water partition coefficient (Wildman–Crippen LogP) is 0.731. The van der Waals surface area contributed by atoms with Crippen LogP contribution >= 0.6 is 11.3 Å². The van der Waals surface area contributed by atoms with E-state index in [1.165, 1.54) is 11.3 Å². The molecule has 1 aromatic rings. The van der Waals surface area contributed by atoms with Crippen molar-refractivity contribution in [3.63, 3.8) is 0 Å². The summed E-state index contributed by atoms with van der Waals surface area (Å²) in [6.07, 6.45) is 2.64. The van der Waals surface area contributed by atoms with Gasteiger partial charge in [0, 0.05) is 20.2 Å². The number of nitrogens with two attached hydrogens (primary N) is 1. The minimum Gasteiger partial charge on any atom is -0.381 e. The first kappa shape index (κ1) is 10.8. The lowest BCUT2D eigenvalue weighted by atomic mass is 10.1. The van der Waals surface area contributed by atoms with E-state index in [4.69, 9.17) is 10.5 Å². The van der Waals surface area contributed by atoms with E-state index in [0.29, 0.717) is 11.2 Å². The predicted molar refractivity (Wildman–Crippen MR) is 59.6 cm³/mol. The number of methoxy groups -OCH3 is 1. The molecule has 0 saturated carbocycles. The van der Waals surface area contributed by atoms with Gasteiger partial charge in [0.25, 0.3) is 0 Å². The molecule has 1 aliphatic heterocycles. The summed E-state index contributed by atoms with van der Waals surface area (Å²) in [5.74, 6) is 0. The molecule has 0 radical (unpaired) electrons. The second-order valence-electron chi connectivity index (χ2n) is 3.75. The first-order valence-corrected chi connectivity index (χ1v) is 5.92. The highest BCUT2D eigenvalue weighted by Gasteiger charge is 2.19. The van der Waals surface area contributed by atoms with Crippen molar-refractivity contribution in [2.75, 3.05) is 25.9 Å². The first-order valence-electron chi connectivity index (χ1n) is 5.11. The molecule has 5 nitrogen and oxygen atoms in total. The van der Waals surface area contributed by atoms with Crippen LogP contribution in [-0.4, -0.2) is 41.4 Å². The molecule has 0 aromatic carbocycles. The molecule has 2 heterocycles. The largest absolute Gasteiger partial charge is 0.381 e. The van der Waals surface area contributed by atoms with Crippen molar-refractivity contribution in [1.82, 2.24) is 15.1 Å². The number of aromatic nitrogens is 2. The van der Waals surface area contributed by atoms with Crippen molar-refractivity contribution in [2.45, 2.75) is 25.5 Å². The number of hydrogen-bond acceptors (Lipinski definition) is 6. The fourth-order valence-corrected chi connectivity index (χ4v) is 2.48. The Morgan fingerprint density at radius 3 is 2.73 bits per heavy atom. The smallest absolute Gasteiger partial charge is 0.203 e. The van der Waals surface area contributed by atoms with Crippen LogP contribution in [0.5, 0.6) is 0 Å². The molecule has 1 aromatic heterocycles. The van der Waals surface area contributed by atoms with Crippen molar-refractivity contribution in [2.24, 2.45) is 0 Å². The topological polar surface area (TPSA) is 64.3 Å². The molecule has 0 bridgehead atoms. The molecule has 1 fully saturated rings. The van der Waals surface area contributed by atoms with Gasteiger partial charge in [-0.1, -0.05) is 11.3 Å². The monoisotopic (exact) mass is 228 g/mol. The van der Waals surface area contributed by atoms with Crippen molar-refractivity contribution in [1.29, 1.82) is 0 Å². The van der Waals surface area contributed by atoms with Gasteiger partial charge in [-0.2, -0.15) is 0 Å². The maximum Gasteiger partial charge on any atom is 0.203 e. The highest BCUT2D eigenvalue weighted by Crippen LogP contribution is 2.18. The van der Waals surface area contributed by atoms with Crippen LogP contribution in [0.3, 0.4) is 0 Å². The standard InChI is InChI=1S/C9H16N4OS/c1-14-7-2-4-13(5-3-7)6-8-11-12-9(10)15-8/h7H,2-6H2,1H3,(H2,10,12). The first-order chi connectivity index (χ1) is 7.28. The molecule has 15 heavy (non-hydrogen) atoms. The minimum absolute atomic E-state index is 0.431. The van der Waals surface area contributed by atoms with Gasteiger partial charge >= 0.3 is 0 Å². The second kappa shape index (κ2) is 4.87. The molecule has 84 valence electrons. The number of ether oxygens (including phenoxy) is 1. The molecule has 0 atom stereocenters. The van der Waals surface area contributed by atoms with Gasteiger partial charge in [0.15, 0.2) is 0 Å². The Balaban J connectivity index is 1.82. The third-order valence-corrected chi connectivity index (χ3v) is 3.45. The van der Waals surface area contributed by atoms with E-state index >= 15 is 0 Å². The van der Waals surface area contributed by atoms with Crippen molar-refractivity contribution in [3.05, 3.63) is 5.01 Å². The van der Waals surface area contributed by atoms with Crippen LogP contribution in [0.2, 0.25) is 0 Å². The van der Waals surface area contributed by atoms with Crippen LogP contribution in [0, 0.1) is 0 Å². The molecule has 2 rings (SSSR count). The molecule has 2 N–H and O–H groups in total. The zero-order valence-corrected chi connectivity index (χ0v) is 9.66. The third kappa shape index (κ3) is 2.87. The highest BCUT2D eigenvalue weighted by molar-refractivity contribution is 7.15. The normalized spacial score (nSPS) is 19.5. The Hall–Kier alpha value is -0.720. The number of anilines is 1. The van der Waals surface area contributed by atoms with Gasteiger partial charge in [0.1, 0.15) is 5.01 Å². The Kier molecular flexibility index (Phi) is 3.50. The maximum absolute atomic E-state index is 5.53. The number of rotatable bonds is 3. The van der Waals surface area contributed by atoms with Crippen molar-refractivity contribution < 1.29 is 4.74 Å². The lowest BCUT2D eigenvalue weighted by Crippen LogP contribution is -2.36. The zero-order valence-electron chi connectivity index (χ0n) is 8.85. The fourth-order valence-electron chi connectivity index (χ4n) is 1.82. The number of piperidine rings is 1. The van der Waals surface area contributed by atoms with Crippen molar-refractivity contribution in [3.8, 4) is 0 Å². The second-order valence-corrected chi connectivity index (χ2v) is 4.84. The summed E-state index contributed by atoms with van der Waals surface area (Å²) < 4.78 is 5.32. The molecule has 6 heteroatoms. The quantitative estimate of drug-likeness (QED) is 0.826. The minimum atomic E-state index is 0.431. The summed E-state index contributed by atoms with van der Waals surface area (Å²) in [4.78, 5) is 2.37. The molecular formula is C9H16N4OS. The van der Waals surface area contributed by atoms with E-state index in [0.717, 1.165) is 37.5 Å².